The van der Waals surface area contributed by atoms with E-state index in [1.54, 1.807) is 10.5 Å². The molecule has 28 heavy (non-hydrogen) atoms. The second kappa shape index (κ2) is 7.68. The van der Waals surface area contributed by atoms with E-state index >= 15 is 0 Å². The van der Waals surface area contributed by atoms with Gasteiger partial charge in [0.15, 0.2) is 0 Å². The van der Waals surface area contributed by atoms with Gasteiger partial charge in [0.2, 0.25) is 0 Å². The summed E-state index contributed by atoms with van der Waals surface area (Å²) in [4.78, 5) is 15.2. The topological polar surface area (TPSA) is 46.0 Å². The Labute approximate surface area is 165 Å². The molecule has 3 heterocycles. The van der Waals surface area contributed by atoms with Crippen molar-refractivity contribution in [2.24, 2.45) is 0 Å². The number of piperazine rings is 1. The quantitative estimate of drug-likeness (QED) is 0.756. The molecule has 5 nitrogen and oxygen atoms in total. The van der Waals surface area contributed by atoms with Gasteiger partial charge in [-0.1, -0.05) is 12.1 Å². The summed E-state index contributed by atoms with van der Waals surface area (Å²) in [6, 6.07) is 14.5. The van der Waals surface area contributed by atoms with Gasteiger partial charge in [-0.15, -0.1) is 0 Å². The Morgan fingerprint density at radius 2 is 2.00 bits per heavy atom. The van der Waals surface area contributed by atoms with Crippen molar-refractivity contribution in [3.05, 3.63) is 64.6 Å². The molecule has 1 saturated heterocycles. The molecule has 0 bridgehead atoms. The van der Waals surface area contributed by atoms with Crippen molar-refractivity contribution in [3.63, 3.8) is 0 Å². The summed E-state index contributed by atoms with van der Waals surface area (Å²) in [6.45, 7) is 9.67. The average Bonchev–Trinajstić information content (AvgIpc) is 2.69. The first kappa shape index (κ1) is 18.6. The van der Waals surface area contributed by atoms with Gasteiger partial charge in [0.1, 0.15) is 5.75 Å². The first-order valence-corrected chi connectivity index (χ1v) is 9.94. The van der Waals surface area contributed by atoms with Crippen LogP contribution in [0.3, 0.4) is 0 Å². The number of pyridine rings is 2. The molecule has 146 valence electrons. The van der Waals surface area contributed by atoms with Crippen molar-refractivity contribution in [1.82, 2.24) is 9.72 Å². The molecule has 1 aliphatic heterocycles. The SMILES string of the molecule is CCOc1cc(-c2cc(=O)n3cc(N4CCN[C@@H](C)C4)ccc3c2)ccc1C. The second-order valence-electron chi connectivity index (χ2n) is 7.48. The average molecular weight is 377 g/mol. The van der Waals surface area contributed by atoms with E-state index in [0.29, 0.717) is 12.6 Å². The molecule has 1 N–H and O–H groups in total. The Balaban J connectivity index is 1.72. The van der Waals surface area contributed by atoms with Crippen molar-refractivity contribution in [2.45, 2.75) is 26.8 Å². The zero-order valence-corrected chi connectivity index (χ0v) is 16.7. The number of nitrogens with zero attached hydrogens (tertiary/aromatic N) is 2. The van der Waals surface area contributed by atoms with Crippen molar-refractivity contribution < 1.29 is 4.74 Å². The summed E-state index contributed by atoms with van der Waals surface area (Å²) in [5.74, 6) is 0.864. The molecule has 0 spiro atoms. The number of anilines is 1. The highest BCUT2D eigenvalue weighted by molar-refractivity contribution is 5.71. The van der Waals surface area contributed by atoms with Crippen LogP contribution in [0.2, 0.25) is 0 Å². The summed E-state index contributed by atoms with van der Waals surface area (Å²) in [7, 11) is 0. The smallest absolute Gasteiger partial charge is 0.255 e. The standard InChI is InChI=1S/C23H27N3O2/c1-4-28-22-12-18(6-5-16(22)2)19-11-20-7-8-21(15-26(20)23(27)13-19)25-10-9-24-17(3)14-25/h5-8,11-13,15,17,24H,4,9-10,14H2,1-3H3/t17-/m0/s1. The van der Waals surface area contributed by atoms with Gasteiger partial charge in [0, 0.05) is 43.5 Å². The minimum Gasteiger partial charge on any atom is -0.494 e. The third kappa shape index (κ3) is 3.62. The lowest BCUT2D eigenvalue weighted by Crippen LogP contribution is -2.49. The number of nitrogens with one attached hydrogen (secondary N) is 1. The summed E-state index contributed by atoms with van der Waals surface area (Å²) < 4.78 is 7.45. The Hall–Kier alpha value is -2.79. The molecule has 3 aromatic rings. The number of benzene rings is 1. The number of hydrogen-bond acceptors (Lipinski definition) is 4. The number of rotatable bonds is 4. The predicted molar refractivity (Wildman–Crippen MR) is 115 cm³/mol. The van der Waals surface area contributed by atoms with Gasteiger partial charge in [-0.2, -0.15) is 0 Å². The molecule has 0 saturated carbocycles. The van der Waals surface area contributed by atoms with Crippen LogP contribution in [-0.2, 0) is 0 Å². The first-order chi connectivity index (χ1) is 13.5. The van der Waals surface area contributed by atoms with Crippen molar-refractivity contribution in [3.8, 4) is 16.9 Å². The van der Waals surface area contributed by atoms with Crippen LogP contribution in [0, 0.1) is 6.92 Å². The minimum atomic E-state index is -0.0175. The van der Waals surface area contributed by atoms with Gasteiger partial charge >= 0.3 is 0 Å². The van der Waals surface area contributed by atoms with Crippen LogP contribution in [0.25, 0.3) is 16.6 Å². The van der Waals surface area contributed by atoms with Crippen molar-refractivity contribution >= 4 is 11.2 Å². The van der Waals surface area contributed by atoms with E-state index in [1.807, 2.05) is 44.3 Å². The maximum atomic E-state index is 12.9. The molecule has 4 rings (SSSR count). The van der Waals surface area contributed by atoms with Crippen LogP contribution >= 0.6 is 0 Å². The molecule has 1 aromatic carbocycles. The fourth-order valence-electron chi connectivity index (χ4n) is 3.82. The lowest BCUT2D eigenvalue weighted by molar-refractivity contribution is 0.338. The van der Waals surface area contributed by atoms with Crippen LogP contribution in [0.4, 0.5) is 5.69 Å². The Morgan fingerprint density at radius 3 is 2.79 bits per heavy atom. The Morgan fingerprint density at radius 1 is 1.14 bits per heavy atom. The number of ether oxygens (including phenoxy) is 1. The molecule has 1 aliphatic rings. The van der Waals surface area contributed by atoms with Crippen LogP contribution in [0.15, 0.2) is 53.5 Å². The van der Waals surface area contributed by atoms with E-state index in [0.717, 1.165) is 53.3 Å². The summed E-state index contributed by atoms with van der Waals surface area (Å²) in [5, 5.41) is 3.45. The maximum absolute atomic E-state index is 12.9. The normalized spacial score (nSPS) is 17.1. The summed E-state index contributed by atoms with van der Waals surface area (Å²) >= 11 is 0. The molecular formula is C23H27N3O2. The Kier molecular flexibility index (Phi) is 5.09. The summed E-state index contributed by atoms with van der Waals surface area (Å²) in [6.07, 6.45) is 1.96. The summed E-state index contributed by atoms with van der Waals surface area (Å²) in [5.41, 5.74) is 4.97. The van der Waals surface area contributed by atoms with Gasteiger partial charge in [0.05, 0.1) is 12.3 Å². The number of aryl methyl sites for hydroxylation is 1. The largest absolute Gasteiger partial charge is 0.494 e. The molecule has 0 amide bonds. The van der Waals surface area contributed by atoms with Crippen LogP contribution < -0.4 is 20.5 Å². The fraction of sp³-hybridized carbons (Fsp3) is 0.348. The highest BCUT2D eigenvalue weighted by atomic mass is 16.5. The highest BCUT2D eigenvalue weighted by Gasteiger charge is 2.16. The predicted octanol–water partition coefficient (Wildman–Crippen LogP) is 3.47. The van der Waals surface area contributed by atoms with Gasteiger partial charge in [0.25, 0.3) is 5.56 Å². The van der Waals surface area contributed by atoms with Crippen LogP contribution in [-0.4, -0.2) is 36.7 Å². The molecule has 0 radical (unpaired) electrons. The van der Waals surface area contributed by atoms with Crippen molar-refractivity contribution in [2.75, 3.05) is 31.1 Å². The molecule has 1 atom stereocenters. The van der Waals surface area contributed by atoms with E-state index in [1.165, 1.54) is 0 Å². The zero-order chi connectivity index (χ0) is 19.7. The lowest BCUT2D eigenvalue weighted by atomic mass is 10.0. The third-order valence-corrected chi connectivity index (χ3v) is 5.34. The maximum Gasteiger partial charge on any atom is 0.255 e. The molecule has 0 aliphatic carbocycles. The fourth-order valence-corrected chi connectivity index (χ4v) is 3.82. The van der Waals surface area contributed by atoms with Gasteiger partial charge in [-0.25, -0.2) is 0 Å². The van der Waals surface area contributed by atoms with E-state index in [-0.39, 0.29) is 5.56 Å². The lowest BCUT2D eigenvalue weighted by Gasteiger charge is -2.33. The van der Waals surface area contributed by atoms with E-state index in [2.05, 4.69) is 29.3 Å². The van der Waals surface area contributed by atoms with E-state index in [9.17, 15) is 4.79 Å². The monoisotopic (exact) mass is 377 g/mol. The van der Waals surface area contributed by atoms with Crippen LogP contribution in [0.1, 0.15) is 19.4 Å². The van der Waals surface area contributed by atoms with Gasteiger partial charge < -0.3 is 15.0 Å². The highest BCUT2D eigenvalue weighted by Crippen LogP contribution is 2.27. The van der Waals surface area contributed by atoms with E-state index < -0.39 is 0 Å². The van der Waals surface area contributed by atoms with Crippen molar-refractivity contribution in [1.29, 1.82) is 0 Å². The van der Waals surface area contributed by atoms with Gasteiger partial charge in [-0.3, -0.25) is 9.20 Å². The number of hydrogen-bond donors (Lipinski definition) is 1. The zero-order valence-electron chi connectivity index (χ0n) is 16.7. The number of aromatic nitrogens is 1. The number of fused-ring (bicyclic) bond motifs is 1. The second-order valence-corrected chi connectivity index (χ2v) is 7.48. The van der Waals surface area contributed by atoms with E-state index in [4.69, 9.17) is 4.74 Å². The van der Waals surface area contributed by atoms with Gasteiger partial charge in [-0.05, 0) is 61.7 Å². The minimum absolute atomic E-state index is 0.0175. The first-order valence-electron chi connectivity index (χ1n) is 9.94. The Bertz CT molecular complexity index is 1060. The molecule has 0 unspecified atom stereocenters. The molecular weight excluding hydrogens is 350 g/mol. The van der Waals surface area contributed by atoms with Crippen LogP contribution in [0.5, 0.6) is 5.75 Å². The molecule has 5 heteroatoms. The molecule has 1 fully saturated rings. The molecule has 2 aromatic heterocycles. The third-order valence-electron chi connectivity index (χ3n) is 5.34.